The van der Waals surface area contributed by atoms with Gasteiger partial charge in [0.2, 0.25) is 0 Å². The summed E-state index contributed by atoms with van der Waals surface area (Å²) in [4.78, 5) is 2.47. The largest absolute Gasteiger partial charge is 0.497 e. The molecule has 0 aromatic heterocycles. The minimum atomic E-state index is 0.516. The van der Waals surface area contributed by atoms with E-state index < -0.39 is 0 Å². The highest BCUT2D eigenvalue weighted by atomic mass is 16.5. The summed E-state index contributed by atoms with van der Waals surface area (Å²) in [5.41, 5.74) is 1.36. The first-order chi connectivity index (χ1) is 9.19. The first-order valence-electron chi connectivity index (χ1n) is 7.25. The average Bonchev–Trinajstić information content (AvgIpc) is 2.83. The molecular formula is C16H26N2O. The molecule has 1 N–H and O–H groups in total. The molecule has 2 unspecified atom stereocenters. The zero-order valence-corrected chi connectivity index (χ0v) is 12.4. The maximum Gasteiger partial charge on any atom is 0.118 e. The Morgan fingerprint density at radius 1 is 1.37 bits per heavy atom. The summed E-state index contributed by atoms with van der Waals surface area (Å²) in [5.74, 6) is 0.928. The van der Waals surface area contributed by atoms with Gasteiger partial charge in [0.25, 0.3) is 0 Å². The van der Waals surface area contributed by atoms with E-state index in [9.17, 15) is 0 Å². The molecule has 0 aliphatic carbocycles. The molecule has 3 nitrogen and oxygen atoms in total. The third-order valence-corrected chi connectivity index (χ3v) is 4.07. The van der Waals surface area contributed by atoms with E-state index >= 15 is 0 Å². The maximum atomic E-state index is 5.18. The minimum Gasteiger partial charge on any atom is -0.497 e. The van der Waals surface area contributed by atoms with E-state index in [4.69, 9.17) is 4.74 Å². The summed E-state index contributed by atoms with van der Waals surface area (Å²) >= 11 is 0. The van der Waals surface area contributed by atoms with Crippen LogP contribution in [0.1, 0.15) is 25.3 Å². The van der Waals surface area contributed by atoms with Crippen LogP contribution in [-0.4, -0.2) is 44.2 Å². The van der Waals surface area contributed by atoms with Crippen molar-refractivity contribution in [1.82, 2.24) is 10.2 Å². The summed E-state index contributed by atoms with van der Waals surface area (Å²) in [6, 6.07) is 9.61. The van der Waals surface area contributed by atoms with E-state index in [0.717, 1.165) is 24.8 Å². The van der Waals surface area contributed by atoms with Crippen LogP contribution in [0.5, 0.6) is 5.75 Å². The van der Waals surface area contributed by atoms with Gasteiger partial charge in [-0.2, -0.15) is 0 Å². The normalized spacial score (nSPS) is 21.5. The molecule has 1 aromatic rings. The van der Waals surface area contributed by atoms with Crippen LogP contribution < -0.4 is 10.1 Å². The second kappa shape index (κ2) is 6.92. The number of methoxy groups -OCH3 is 1. The van der Waals surface area contributed by atoms with Crippen LogP contribution in [0.15, 0.2) is 24.3 Å². The Hall–Kier alpha value is -1.06. The van der Waals surface area contributed by atoms with Gasteiger partial charge in [-0.25, -0.2) is 0 Å². The first-order valence-corrected chi connectivity index (χ1v) is 7.25. The Bertz CT molecular complexity index is 377. The zero-order valence-electron chi connectivity index (χ0n) is 12.4. The molecule has 2 atom stereocenters. The first kappa shape index (κ1) is 14.4. The smallest absolute Gasteiger partial charge is 0.118 e. The van der Waals surface area contributed by atoms with Crippen molar-refractivity contribution in [1.29, 1.82) is 0 Å². The number of benzene rings is 1. The molecule has 0 amide bonds. The number of rotatable bonds is 6. The summed E-state index contributed by atoms with van der Waals surface area (Å²) in [6.07, 6.45) is 3.74. The molecule has 1 heterocycles. The van der Waals surface area contributed by atoms with Gasteiger partial charge in [0.15, 0.2) is 0 Å². The van der Waals surface area contributed by atoms with E-state index in [1.807, 2.05) is 12.1 Å². The number of nitrogens with one attached hydrogen (secondary N) is 1. The van der Waals surface area contributed by atoms with Crippen molar-refractivity contribution in [2.75, 3.05) is 27.2 Å². The molecule has 0 spiro atoms. The van der Waals surface area contributed by atoms with E-state index in [1.54, 1.807) is 7.11 Å². The molecular weight excluding hydrogens is 236 g/mol. The van der Waals surface area contributed by atoms with E-state index in [0.29, 0.717) is 6.04 Å². The second-order valence-electron chi connectivity index (χ2n) is 5.64. The number of hydrogen-bond acceptors (Lipinski definition) is 3. The van der Waals surface area contributed by atoms with Crippen molar-refractivity contribution in [3.8, 4) is 5.75 Å². The fraction of sp³-hybridized carbons (Fsp3) is 0.625. The van der Waals surface area contributed by atoms with Crippen molar-refractivity contribution in [2.24, 2.45) is 0 Å². The van der Waals surface area contributed by atoms with Crippen LogP contribution in [0.2, 0.25) is 0 Å². The highest BCUT2D eigenvalue weighted by molar-refractivity contribution is 5.27. The molecule has 0 bridgehead atoms. The molecule has 1 aliphatic rings. The van der Waals surface area contributed by atoms with Crippen LogP contribution in [0.4, 0.5) is 0 Å². The molecule has 0 saturated carbocycles. The Morgan fingerprint density at radius 3 is 2.68 bits per heavy atom. The van der Waals surface area contributed by atoms with Gasteiger partial charge in [0.1, 0.15) is 5.75 Å². The van der Waals surface area contributed by atoms with E-state index in [2.05, 4.69) is 36.3 Å². The number of likely N-dealkylation sites (N-methyl/N-ethyl adjacent to an activating group) is 1. The van der Waals surface area contributed by atoms with Crippen LogP contribution in [-0.2, 0) is 6.42 Å². The van der Waals surface area contributed by atoms with Gasteiger partial charge in [0, 0.05) is 18.6 Å². The zero-order chi connectivity index (χ0) is 13.7. The van der Waals surface area contributed by atoms with Crippen LogP contribution in [0.3, 0.4) is 0 Å². The minimum absolute atomic E-state index is 0.516. The number of nitrogens with zero attached hydrogens (tertiary/aromatic N) is 1. The van der Waals surface area contributed by atoms with Gasteiger partial charge in [-0.3, -0.25) is 0 Å². The fourth-order valence-corrected chi connectivity index (χ4v) is 2.76. The summed E-state index contributed by atoms with van der Waals surface area (Å²) < 4.78 is 5.18. The molecule has 0 radical (unpaired) electrons. The van der Waals surface area contributed by atoms with Crippen LogP contribution in [0.25, 0.3) is 0 Å². The summed E-state index contributed by atoms with van der Waals surface area (Å²) in [7, 11) is 3.94. The van der Waals surface area contributed by atoms with Gasteiger partial charge in [-0.05, 0) is 57.5 Å². The van der Waals surface area contributed by atoms with Crippen molar-refractivity contribution >= 4 is 0 Å². The summed E-state index contributed by atoms with van der Waals surface area (Å²) in [5, 5.41) is 3.66. The third kappa shape index (κ3) is 4.22. The molecule has 19 heavy (non-hydrogen) atoms. The lowest BCUT2D eigenvalue weighted by atomic mass is 10.1. The number of ether oxygens (including phenoxy) is 1. The lowest BCUT2D eigenvalue weighted by Gasteiger charge is -2.22. The number of likely N-dealkylation sites (tertiary alicyclic amines) is 1. The van der Waals surface area contributed by atoms with Crippen molar-refractivity contribution < 1.29 is 4.74 Å². The lowest BCUT2D eigenvalue weighted by Crippen LogP contribution is -2.40. The molecule has 2 rings (SSSR count). The monoisotopic (exact) mass is 262 g/mol. The lowest BCUT2D eigenvalue weighted by molar-refractivity contribution is 0.293. The standard InChI is InChI=1S/C16H26N2O/c1-13(17-12-15-5-4-10-18(15)2)11-14-6-8-16(19-3)9-7-14/h6-9,13,15,17H,4-5,10-12H2,1-3H3. The van der Waals surface area contributed by atoms with Gasteiger partial charge < -0.3 is 15.0 Å². The van der Waals surface area contributed by atoms with Gasteiger partial charge >= 0.3 is 0 Å². The molecule has 1 fully saturated rings. The van der Waals surface area contributed by atoms with Crippen molar-refractivity contribution in [2.45, 2.75) is 38.3 Å². The predicted octanol–water partition coefficient (Wildman–Crippen LogP) is 2.31. The third-order valence-electron chi connectivity index (χ3n) is 4.07. The quantitative estimate of drug-likeness (QED) is 0.851. The van der Waals surface area contributed by atoms with Crippen LogP contribution in [0, 0.1) is 0 Å². The molecule has 106 valence electrons. The van der Waals surface area contributed by atoms with E-state index in [-0.39, 0.29) is 0 Å². The Balaban J connectivity index is 1.75. The van der Waals surface area contributed by atoms with Crippen molar-refractivity contribution in [3.63, 3.8) is 0 Å². The Labute approximate surface area is 116 Å². The Morgan fingerprint density at radius 2 is 2.11 bits per heavy atom. The molecule has 1 aromatic carbocycles. The fourth-order valence-electron chi connectivity index (χ4n) is 2.76. The highest BCUT2D eigenvalue weighted by Crippen LogP contribution is 2.15. The molecule has 3 heteroatoms. The van der Waals surface area contributed by atoms with Gasteiger partial charge in [-0.1, -0.05) is 12.1 Å². The van der Waals surface area contributed by atoms with Gasteiger partial charge in [0.05, 0.1) is 7.11 Å². The SMILES string of the molecule is COc1ccc(CC(C)NCC2CCCN2C)cc1. The van der Waals surface area contributed by atoms with Gasteiger partial charge in [-0.15, -0.1) is 0 Å². The highest BCUT2D eigenvalue weighted by Gasteiger charge is 2.20. The molecule has 1 saturated heterocycles. The average molecular weight is 262 g/mol. The summed E-state index contributed by atoms with van der Waals surface area (Å²) in [6.45, 7) is 4.62. The van der Waals surface area contributed by atoms with Crippen molar-refractivity contribution in [3.05, 3.63) is 29.8 Å². The van der Waals surface area contributed by atoms with Crippen LogP contribution >= 0.6 is 0 Å². The van der Waals surface area contributed by atoms with E-state index in [1.165, 1.54) is 24.9 Å². The predicted molar refractivity (Wildman–Crippen MR) is 79.8 cm³/mol. The topological polar surface area (TPSA) is 24.5 Å². The molecule has 1 aliphatic heterocycles. The second-order valence-corrected chi connectivity index (χ2v) is 5.64. The Kier molecular flexibility index (Phi) is 5.23. The maximum absolute atomic E-state index is 5.18. The number of hydrogen-bond donors (Lipinski definition) is 1.